The lowest BCUT2D eigenvalue weighted by molar-refractivity contribution is 1.03. The van der Waals surface area contributed by atoms with Gasteiger partial charge in [0.25, 0.3) is 0 Å². The van der Waals surface area contributed by atoms with E-state index < -0.39 is 0 Å². The van der Waals surface area contributed by atoms with E-state index in [0.717, 1.165) is 27.9 Å². The summed E-state index contributed by atoms with van der Waals surface area (Å²) in [5.74, 6) is 0.914. The number of aromatic amines is 1. The number of imidazole rings is 1. The summed E-state index contributed by atoms with van der Waals surface area (Å²) in [6, 6.07) is 5.94. The molecule has 0 fully saturated rings. The summed E-state index contributed by atoms with van der Waals surface area (Å²) < 4.78 is 0.948. The zero-order valence-corrected chi connectivity index (χ0v) is 10.5. The van der Waals surface area contributed by atoms with Crippen molar-refractivity contribution in [2.45, 2.75) is 6.42 Å². The Morgan fingerprint density at radius 3 is 2.88 bits per heavy atom. The van der Waals surface area contributed by atoms with Crippen LogP contribution in [0.5, 0.6) is 0 Å². The summed E-state index contributed by atoms with van der Waals surface area (Å²) in [7, 11) is 0. The average Bonchev–Trinajstić information content (AvgIpc) is 2.71. The highest BCUT2D eigenvalue weighted by atomic mass is 79.9. The Hall–Kier alpha value is -1.75. The van der Waals surface area contributed by atoms with Crippen molar-refractivity contribution in [1.29, 1.82) is 0 Å². The molecule has 1 N–H and O–H groups in total. The predicted octanol–water partition coefficient (Wildman–Crippen LogP) is 2.71. The molecule has 3 heterocycles. The van der Waals surface area contributed by atoms with E-state index in [4.69, 9.17) is 0 Å². The molecule has 0 aliphatic carbocycles. The van der Waals surface area contributed by atoms with Crippen LogP contribution in [0.15, 0.2) is 41.3 Å². The average molecular weight is 289 g/mol. The molecule has 0 saturated heterocycles. The molecule has 0 unspecified atom stereocenters. The van der Waals surface area contributed by atoms with Crippen LogP contribution in [0.2, 0.25) is 0 Å². The fraction of sp³-hybridized carbons (Fsp3) is 0.0833. The Balaban J connectivity index is 1.96. The molecular weight excluding hydrogens is 280 g/mol. The molecule has 0 atom stereocenters. The number of fused-ring (bicyclic) bond motifs is 1. The number of hydrogen-bond acceptors (Lipinski definition) is 3. The largest absolute Gasteiger partial charge is 0.340 e. The number of H-pyrrole nitrogens is 1. The van der Waals surface area contributed by atoms with Gasteiger partial charge in [-0.25, -0.2) is 9.97 Å². The molecule has 0 saturated carbocycles. The third kappa shape index (κ3) is 2.19. The lowest BCUT2D eigenvalue weighted by Crippen LogP contribution is -1.90. The van der Waals surface area contributed by atoms with Crippen LogP contribution in [-0.4, -0.2) is 19.9 Å². The second-order valence-corrected chi connectivity index (χ2v) is 4.66. The maximum atomic E-state index is 4.44. The van der Waals surface area contributed by atoms with Crippen molar-refractivity contribution in [3.05, 3.63) is 52.7 Å². The van der Waals surface area contributed by atoms with E-state index in [1.807, 2.05) is 18.2 Å². The SMILES string of the molecule is Brc1cnc2nc(Cc3ccncc3)[nH]c2c1. The van der Waals surface area contributed by atoms with E-state index >= 15 is 0 Å². The van der Waals surface area contributed by atoms with Crippen molar-refractivity contribution in [1.82, 2.24) is 19.9 Å². The molecule has 3 aromatic heterocycles. The van der Waals surface area contributed by atoms with Gasteiger partial charge in [-0.3, -0.25) is 4.98 Å². The molecule has 0 aliphatic heterocycles. The molecule has 0 bridgehead atoms. The normalized spacial score (nSPS) is 10.9. The zero-order valence-electron chi connectivity index (χ0n) is 8.89. The molecule has 17 heavy (non-hydrogen) atoms. The Morgan fingerprint density at radius 1 is 1.24 bits per heavy atom. The fourth-order valence-electron chi connectivity index (χ4n) is 1.70. The van der Waals surface area contributed by atoms with Crippen LogP contribution in [0.3, 0.4) is 0 Å². The molecule has 0 aliphatic rings. The third-order valence-electron chi connectivity index (χ3n) is 2.47. The smallest absolute Gasteiger partial charge is 0.177 e. The van der Waals surface area contributed by atoms with Crippen molar-refractivity contribution >= 4 is 27.1 Å². The first-order valence-electron chi connectivity index (χ1n) is 5.20. The molecular formula is C12H9BrN4. The van der Waals surface area contributed by atoms with E-state index in [1.54, 1.807) is 18.6 Å². The first-order chi connectivity index (χ1) is 8.31. The van der Waals surface area contributed by atoms with Crippen LogP contribution < -0.4 is 0 Å². The minimum absolute atomic E-state index is 0.747. The molecule has 3 rings (SSSR count). The second-order valence-electron chi connectivity index (χ2n) is 3.74. The topological polar surface area (TPSA) is 54.5 Å². The second kappa shape index (κ2) is 4.25. The van der Waals surface area contributed by atoms with Crippen molar-refractivity contribution in [3.63, 3.8) is 0 Å². The highest BCUT2D eigenvalue weighted by Crippen LogP contribution is 2.16. The van der Waals surface area contributed by atoms with Crippen molar-refractivity contribution in [3.8, 4) is 0 Å². The Kier molecular flexibility index (Phi) is 2.60. The van der Waals surface area contributed by atoms with Crippen molar-refractivity contribution in [2.75, 3.05) is 0 Å². The third-order valence-corrected chi connectivity index (χ3v) is 2.91. The first kappa shape index (κ1) is 10.4. The van der Waals surface area contributed by atoms with Crippen LogP contribution in [0.25, 0.3) is 11.2 Å². The number of nitrogens with one attached hydrogen (secondary N) is 1. The van der Waals surface area contributed by atoms with E-state index in [1.165, 1.54) is 5.56 Å². The molecule has 0 radical (unpaired) electrons. The summed E-state index contributed by atoms with van der Waals surface area (Å²) in [6.45, 7) is 0. The minimum atomic E-state index is 0.747. The Labute approximate surface area is 106 Å². The molecule has 0 amide bonds. The molecule has 3 aromatic rings. The van der Waals surface area contributed by atoms with E-state index in [-0.39, 0.29) is 0 Å². The van der Waals surface area contributed by atoms with Crippen molar-refractivity contribution in [2.24, 2.45) is 0 Å². The molecule has 5 heteroatoms. The number of halogens is 1. The maximum Gasteiger partial charge on any atom is 0.177 e. The van der Waals surface area contributed by atoms with Gasteiger partial charge in [0, 0.05) is 29.5 Å². The summed E-state index contributed by atoms with van der Waals surface area (Å²) in [5, 5.41) is 0. The van der Waals surface area contributed by atoms with Gasteiger partial charge in [-0.05, 0) is 39.7 Å². The quantitative estimate of drug-likeness (QED) is 0.789. The monoisotopic (exact) mass is 288 g/mol. The van der Waals surface area contributed by atoms with Gasteiger partial charge in [0.2, 0.25) is 0 Å². The fourth-order valence-corrected chi connectivity index (χ4v) is 2.03. The molecule has 0 spiro atoms. The van der Waals surface area contributed by atoms with E-state index in [9.17, 15) is 0 Å². The summed E-state index contributed by atoms with van der Waals surface area (Å²) in [5.41, 5.74) is 2.87. The highest BCUT2D eigenvalue weighted by Gasteiger charge is 2.04. The summed E-state index contributed by atoms with van der Waals surface area (Å²) in [4.78, 5) is 15.9. The lowest BCUT2D eigenvalue weighted by atomic mass is 10.2. The van der Waals surface area contributed by atoms with Crippen LogP contribution in [0.4, 0.5) is 0 Å². The van der Waals surface area contributed by atoms with Gasteiger partial charge in [-0.2, -0.15) is 0 Å². The van der Waals surface area contributed by atoms with Crippen LogP contribution in [0.1, 0.15) is 11.4 Å². The van der Waals surface area contributed by atoms with E-state index in [0.29, 0.717) is 0 Å². The van der Waals surface area contributed by atoms with Gasteiger partial charge >= 0.3 is 0 Å². The van der Waals surface area contributed by atoms with E-state index in [2.05, 4.69) is 35.9 Å². The maximum absolute atomic E-state index is 4.44. The molecule has 4 nitrogen and oxygen atoms in total. The number of nitrogens with zero attached hydrogens (tertiary/aromatic N) is 3. The minimum Gasteiger partial charge on any atom is -0.340 e. The van der Waals surface area contributed by atoms with Gasteiger partial charge in [-0.1, -0.05) is 0 Å². The Morgan fingerprint density at radius 2 is 2.06 bits per heavy atom. The molecule has 0 aromatic carbocycles. The summed E-state index contributed by atoms with van der Waals surface area (Å²) in [6.07, 6.45) is 6.08. The van der Waals surface area contributed by atoms with Gasteiger partial charge in [-0.15, -0.1) is 0 Å². The van der Waals surface area contributed by atoms with Crippen LogP contribution >= 0.6 is 15.9 Å². The number of hydrogen-bond donors (Lipinski definition) is 1. The molecule has 84 valence electrons. The van der Waals surface area contributed by atoms with Gasteiger partial charge < -0.3 is 4.98 Å². The van der Waals surface area contributed by atoms with Crippen molar-refractivity contribution < 1.29 is 0 Å². The first-order valence-corrected chi connectivity index (χ1v) is 5.99. The van der Waals surface area contributed by atoms with Gasteiger partial charge in [0.05, 0.1) is 5.52 Å². The van der Waals surface area contributed by atoms with Gasteiger partial charge in [0.1, 0.15) is 5.82 Å². The number of rotatable bonds is 2. The van der Waals surface area contributed by atoms with Gasteiger partial charge in [0.15, 0.2) is 5.65 Å². The highest BCUT2D eigenvalue weighted by molar-refractivity contribution is 9.10. The standard InChI is InChI=1S/C12H9BrN4/c13-9-6-10-12(15-7-9)17-11(16-10)5-8-1-3-14-4-2-8/h1-4,6-7H,5H2,(H,15,16,17). The Bertz CT molecular complexity index is 648. The van der Waals surface area contributed by atoms with Crippen LogP contribution in [-0.2, 0) is 6.42 Å². The van der Waals surface area contributed by atoms with Crippen LogP contribution in [0, 0.1) is 0 Å². The zero-order chi connectivity index (χ0) is 11.7. The number of aromatic nitrogens is 4. The number of pyridine rings is 2. The summed E-state index contributed by atoms with van der Waals surface area (Å²) >= 11 is 3.39. The predicted molar refractivity (Wildman–Crippen MR) is 68.6 cm³/mol. The lowest BCUT2D eigenvalue weighted by Gasteiger charge is -1.95.